The molecule has 0 unspecified atom stereocenters. The van der Waals surface area contributed by atoms with Gasteiger partial charge in [0.2, 0.25) is 0 Å². The van der Waals surface area contributed by atoms with Crippen LogP contribution in [-0.4, -0.2) is 26.5 Å². The molecule has 0 N–H and O–H groups in total. The maximum absolute atomic E-state index is 4.47. The Hall–Kier alpha value is -1.35. The second kappa shape index (κ2) is 6.20. The highest BCUT2D eigenvalue weighted by Gasteiger charge is 2.36. The number of likely N-dealkylation sites (tertiary alicyclic amines) is 1. The van der Waals surface area contributed by atoms with Crippen molar-refractivity contribution in [2.45, 2.75) is 44.2 Å². The van der Waals surface area contributed by atoms with E-state index in [2.05, 4.69) is 46.8 Å². The van der Waals surface area contributed by atoms with Gasteiger partial charge in [0.15, 0.2) is 0 Å². The van der Waals surface area contributed by atoms with Gasteiger partial charge in [-0.15, -0.1) is 13.2 Å². The van der Waals surface area contributed by atoms with Gasteiger partial charge in [0.25, 0.3) is 0 Å². The number of nitrogens with zero attached hydrogens (tertiary/aromatic N) is 3. The quantitative estimate of drug-likeness (QED) is 0.731. The maximum atomic E-state index is 4.47. The predicted molar refractivity (Wildman–Crippen MR) is 79.8 cm³/mol. The van der Waals surface area contributed by atoms with Crippen LogP contribution in [0.1, 0.15) is 37.9 Å². The maximum Gasteiger partial charge on any atom is 0.122 e. The lowest BCUT2D eigenvalue weighted by atomic mass is 9.81. The summed E-state index contributed by atoms with van der Waals surface area (Å²) in [5.74, 6) is 1.14. The van der Waals surface area contributed by atoms with Gasteiger partial charge in [-0.05, 0) is 32.2 Å². The van der Waals surface area contributed by atoms with Crippen LogP contribution in [0.5, 0.6) is 0 Å². The lowest BCUT2D eigenvalue weighted by Gasteiger charge is -2.46. The molecular formula is C16H25N3. The molecule has 1 fully saturated rings. The van der Waals surface area contributed by atoms with Crippen LogP contribution in [0, 0.1) is 0 Å². The predicted octanol–water partition coefficient (Wildman–Crippen LogP) is 3.30. The van der Waals surface area contributed by atoms with Gasteiger partial charge >= 0.3 is 0 Å². The molecule has 1 aliphatic heterocycles. The van der Waals surface area contributed by atoms with Crippen LogP contribution in [0.2, 0.25) is 0 Å². The van der Waals surface area contributed by atoms with E-state index in [0.29, 0.717) is 0 Å². The first-order valence-electron chi connectivity index (χ1n) is 7.15. The van der Waals surface area contributed by atoms with Gasteiger partial charge in [-0.25, -0.2) is 4.98 Å². The van der Waals surface area contributed by atoms with Crippen LogP contribution in [-0.2, 0) is 13.6 Å². The van der Waals surface area contributed by atoms with Crippen molar-refractivity contribution >= 4 is 0 Å². The number of rotatable bonds is 6. The first-order chi connectivity index (χ1) is 9.22. The topological polar surface area (TPSA) is 21.1 Å². The lowest BCUT2D eigenvalue weighted by Crippen LogP contribution is -2.51. The second-order valence-electron chi connectivity index (χ2n) is 5.54. The van der Waals surface area contributed by atoms with E-state index in [1.165, 1.54) is 19.3 Å². The van der Waals surface area contributed by atoms with Crippen molar-refractivity contribution in [1.82, 2.24) is 14.5 Å². The summed E-state index contributed by atoms with van der Waals surface area (Å²) in [6.45, 7) is 9.97. The average Bonchev–Trinajstić information content (AvgIpc) is 2.79. The van der Waals surface area contributed by atoms with E-state index >= 15 is 0 Å². The van der Waals surface area contributed by atoms with Gasteiger partial charge in [-0.1, -0.05) is 18.6 Å². The van der Waals surface area contributed by atoms with Crippen molar-refractivity contribution in [2.75, 3.05) is 6.54 Å². The number of piperidine rings is 1. The van der Waals surface area contributed by atoms with E-state index in [1.54, 1.807) is 0 Å². The van der Waals surface area contributed by atoms with E-state index < -0.39 is 0 Å². The normalized spacial score (nSPS) is 19.2. The molecule has 1 saturated heterocycles. The standard InChI is InChI=1S/C16H25N3/c1-4-8-16(9-5-2)10-6-7-12-19(16)14-15-17-11-13-18(15)3/h4-5,11,13H,1-2,6-10,12,14H2,3H3. The highest BCUT2D eigenvalue weighted by molar-refractivity contribution is 5.04. The van der Waals surface area contributed by atoms with Crippen LogP contribution in [0.25, 0.3) is 0 Å². The van der Waals surface area contributed by atoms with E-state index in [4.69, 9.17) is 0 Å². The number of aromatic nitrogens is 2. The summed E-state index contributed by atoms with van der Waals surface area (Å²) >= 11 is 0. The molecule has 3 heteroatoms. The lowest BCUT2D eigenvalue weighted by molar-refractivity contribution is 0.0397. The Balaban J connectivity index is 2.20. The minimum Gasteiger partial charge on any atom is -0.337 e. The van der Waals surface area contributed by atoms with Crippen molar-refractivity contribution in [1.29, 1.82) is 0 Å². The Bertz CT molecular complexity index is 423. The molecule has 0 aromatic carbocycles. The Morgan fingerprint density at radius 3 is 2.63 bits per heavy atom. The monoisotopic (exact) mass is 259 g/mol. The van der Waals surface area contributed by atoms with Crippen LogP contribution in [0.3, 0.4) is 0 Å². The third-order valence-electron chi connectivity index (χ3n) is 4.29. The van der Waals surface area contributed by atoms with Gasteiger partial charge in [-0.2, -0.15) is 0 Å². The number of imidazole rings is 1. The summed E-state index contributed by atoms with van der Waals surface area (Å²) in [5, 5.41) is 0. The van der Waals surface area contributed by atoms with Crippen LogP contribution >= 0.6 is 0 Å². The first kappa shape index (κ1) is 14.1. The third kappa shape index (κ3) is 2.98. The Kier molecular flexibility index (Phi) is 4.59. The van der Waals surface area contributed by atoms with Gasteiger partial charge in [0.1, 0.15) is 5.82 Å². The van der Waals surface area contributed by atoms with Crippen molar-refractivity contribution in [3.63, 3.8) is 0 Å². The second-order valence-corrected chi connectivity index (χ2v) is 5.54. The summed E-state index contributed by atoms with van der Waals surface area (Å²) in [6, 6.07) is 0. The molecule has 3 nitrogen and oxygen atoms in total. The Morgan fingerprint density at radius 1 is 1.32 bits per heavy atom. The summed E-state index contributed by atoms with van der Waals surface area (Å²) in [5.41, 5.74) is 0.202. The first-order valence-corrected chi connectivity index (χ1v) is 7.15. The molecule has 1 aromatic rings. The molecule has 2 rings (SSSR count). The minimum atomic E-state index is 0.202. The van der Waals surface area contributed by atoms with Gasteiger partial charge < -0.3 is 4.57 Å². The molecule has 19 heavy (non-hydrogen) atoms. The molecule has 0 atom stereocenters. The fraction of sp³-hybridized carbons (Fsp3) is 0.562. The molecule has 1 aliphatic rings. The average molecular weight is 259 g/mol. The van der Waals surface area contributed by atoms with Crippen LogP contribution in [0.15, 0.2) is 37.7 Å². The molecule has 104 valence electrons. The summed E-state index contributed by atoms with van der Waals surface area (Å²) in [4.78, 5) is 7.05. The van der Waals surface area contributed by atoms with Crippen molar-refractivity contribution in [3.05, 3.63) is 43.5 Å². The van der Waals surface area contributed by atoms with E-state index in [9.17, 15) is 0 Å². The fourth-order valence-electron chi connectivity index (χ4n) is 3.20. The van der Waals surface area contributed by atoms with Gasteiger partial charge in [0, 0.05) is 25.0 Å². The molecule has 0 saturated carbocycles. The molecular weight excluding hydrogens is 234 g/mol. The smallest absolute Gasteiger partial charge is 0.122 e. The van der Waals surface area contributed by atoms with Crippen molar-refractivity contribution in [3.8, 4) is 0 Å². The SMILES string of the molecule is C=CCC1(CC=C)CCCCN1Cc1nccn1C. The zero-order chi connectivity index (χ0) is 13.7. The van der Waals surface area contributed by atoms with E-state index in [-0.39, 0.29) is 5.54 Å². The van der Waals surface area contributed by atoms with Gasteiger partial charge in [0.05, 0.1) is 6.54 Å². The van der Waals surface area contributed by atoms with Gasteiger partial charge in [-0.3, -0.25) is 4.90 Å². The van der Waals surface area contributed by atoms with Crippen LogP contribution < -0.4 is 0 Å². The highest BCUT2D eigenvalue weighted by atomic mass is 15.2. The number of hydrogen-bond donors (Lipinski definition) is 0. The zero-order valence-corrected chi connectivity index (χ0v) is 12.0. The molecule has 0 radical (unpaired) electrons. The molecule has 1 aromatic heterocycles. The van der Waals surface area contributed by atoms with Crippen molar-refractivity contribution < 1.29 is 0 Å². The Labute approximate surface area is 116 Å². The minimum absolute atomic E-state index is 0.202. The molecule has 0 aliphatic carbocycles. The highest BCUT2D eigenvalue weighted by Crippen LogP contribution is 2.36. The summed E-state index contributed by atoms with van der Waals surface area (Å²) < 4.78 is 2.11. The zero-order valence-electron chi connectivity index (χ0n) is 12.0. The molecule has 2 heterocycles. The molecule has 0 bridgehead atoms. The number of hydrogen-bond acceptors (Lipinski definition) is 2. The number of aryl methyl sites for hydroxylation is 1. The molecule has 0 spiro atoms. The largest absolute Gasteiger partial charge is 0.337 e. The Morgan fingerprint density at radius 2 is 2.05 bits per heavy atom. The third-order valence-corrected chi connectivity index (χ3v) is 4.29. The van der Waals surface area contributed by atoms with Crippen molar-refractivity contribution in [2.24, 2.45) is 7.05 Å². The fourth-order valence-corrected chi connectivity index (χ4v) is 3.20. The summed E-state index contributed by atoms with van der Waals surface area (Å²) in [7, 11) is 2.06. The van der Waals surface area contributed by atoms with Crippen LogP contribution in [0.4, 0.5) is 0 Å². The van der Waals surface area contributed by atoms with E-state index in [0.717, 1.165) is 31.8 Å². The van der Waals surface area contributed by atoms with E-state index in [1.807, 2.05) is 12.4 Å². The molecule has 0 amide bonds. The summed E-state index contributed by atoms with van der Waals surface area (Å²) in [6.07, 6.45) is 13.9.